The van der Waals surface area contributed by atoms with E-state index in [0.717, 1.165) is 0 Å². The zero-order valence-electron chi connectivity index (χ0n) is 6.97. The largest absolute Gasteiger partial charge is 0.305 e. The first-order valence-corrected chi connectivity index (χ1v) is 4.65. The van der Waals surface area contributed by atoms with Gasteiger partial charge >= 0.3 is 0 Å². The van der Waals surface area contributed by atoms with Crippen LogP contribution in [0, 0.1) is 0 Å². The molecule has 0 atom stereocenters. The second-order valence-corrected chi connectivity index (χ2v) is 3.62. The van der Waals surface area contributed by atoms with E-state index >= 15 is 0 Å². The second-order valence-electron chi connectivity index (χ2n) is 2.78. The molecule has 0 bridgehead atoms. The van der Waals surface area contributed by atoms with Crippen LogP contribution in [0.2, 0.25) is 10.0 Å². The molecule has 0 spiro atoms. The molecule has 1 aromatic carbocycles. The topological polar surface area (TPSA) is 48.6 Å². The van der Waals surface area contributed by atoms with Gasteiger partial charge in [-0.3, -0.25) is 9.89 Å². The molecule has 2 N–H and O–H groups in total. The van der Waals surface area contributed by atoms with Gasteiger partial charge < -0.3 is 5.10 Å². The lowest BCUT2D eigenvalue weighted by Crippen LogP contribution is -2.01. The number of halogens is 2. The van der Waals surface area contributed by atoms with Gasteiger partial charge in [-0.15, -0.1) is 0 Å². The van der Waals surface area contributed by atoms with Crippen molar-refractivity contribution in [1.82, 2.24) is 10.2 Å². The monoisotopic (exact) mass is 228 g/mol. The van der Waals surface area contributed by atoms with Gasteiger partial charge in [0.15, 0.2) is 0 Å². The molecule has 0 saturated carbocycles. The average Bonchev–Trinajstić information content (AvgIpc) is 2.52. The lowest BCUT2D eigenvalue weighted by Gasteiger charge is -1.99. The number of benzene rings is 1. The molecule has 0 aliphatic rings. The van der Waals surface area contributed by atoms with Crippen LogP contribution in [-0.2, 0) is 0 Å². The highest BCUT2D eigenvalue weighted by atomic mass is 35.5. The van der Waals surface area contributed by atoms with Crippen molar-refractivity contribution in [1.29, 1.82) is 0 Å². The minimum atomic E-state index is -0.200. The van der Waals surface area contributed by atoms with Gasteiger partial charge in [-0.25, -0.2) is 0 Å². The van der Waals surface area contributed by atoms with Crippen molar-refractivity contribution in [3.8, 4) is 11.1 Å². The summed E-state index contributed by atoms with van der Waals surface area (Å²) in [6.45, 7) is 0. The Morgan fingerprint density at radius 3 is 2.50 bits per heavy atom. The Morgan fingerprint density at radius 2 is 1.93 bits per heavy atom. The Kier molecular flexibility index (Phi) is 2.35. The number of aromatic amines is 2. The fourth-order valence-electron chi connectivity index (χ4n) is 1.21. The summed E-state index contributed by atoms with van der Waals surface area (Å²) in [6.07, 6.45) is 1.57. The molecule has 0 aliphatic heterocycles. The van der Waals surface area contributed by atoms with Gasteiger partial charge in [-0.05, 0) is 12.1 Å². The molecule has 0 amide bonds. The van der Waals surface area contributed by atoms with Crippen molar-refractivity contribution in [2.45, 2.75) is 0 Å². The standard InChI is InChI=1S/C9H6Cl2N2O/c10-5-1-2-6(8(11)3-5)7-4-12-13-9(7)14/h1-4H,(H2,12,13,14). The zero-order valence-corrected chi connectivity index (χ0v) is 8.49. The summed E-state index contributed by atoms with van der Waals surface area (Å²) in [5.74, 6) is 0. The summed E-state index contributed by atoms with van der Waals surface area (Å²) >= 11 is 11.7. The van der Waals surface area contributed by atoms with E-state index in [1.807, 2.05) is 0 Å². The van der Waals surface area contributed by atoms with E-state index in [9.17, 15) is 4.79 Å². The second kappa shape index (κ2) is 3.52. The Hall–Kier alpha value is -1.19. The Bertz CT molecular complexity index is 516. The molecule has 2 rings (SSSR count). The van der Waals surface area contributed by atoms with Crippen molar-refractivity contribution < 1.29 is 0 Å². The molecule has 0 aliphatic carbocycles. The molecule has 2 aromatic rings. The molecule has 72 valence electrons. The van der Waals surface area contributed by atoms with Crippen LogP contribution in [0.15, 0.2) is 29.2 Å². The molecule has 0 unspecified atom stereocenters. The van der Waals surface area contributed by atoms with E-state index in [1.54, 1.807) is 24.4 Å². The molecule has 5 heteroatoms. The van der Waals surface area contributed by atoms with Crippen LogP contribution in [0.3, 0.4) is 0 Å². The summed E-state index contributed by atoms with van der Waals surface area (Å²) in [5, 5.41) is 6.05. The number of nitrogens with one attached hydrogen (secondary N) is 2. The molecular formula is C9H6Cl2N2O. The third-order valence-corrected chi connectivity index (χ3v) is 2.42. The van der Waals surface area contributed by atoms with Gasteiger partial charge in [-0.1, -0.05) is 29.3 Å². The third kappa shape index (κ3) is 1.56. The predicted molar refractivity (Wildman–Crippen MR) is 56.9 cm³/mol. The Morgan fingerprint density at radius 1 is 1.14 bits per heavy atom. The van der Waals surface area contributed by atoms with Crippen LogP contribution < -0.4 is 5.56 Å². The third-order valence-electron chi connectivity index (χ3n) is 1.87. The quantitative estimate of drug-likeness (QED) is 0.775. The average molecular weight is 229 g/mol. The number of rotatable bonds is 1. The van der Waals surface area contributed by atoms with Crippen molar-refractivity contribution in [3.63, 3.8) is 0 Å². The maximum absolute atomic E-state index is 11.3. The SMILES string of the molecule is O=c1[nH][nH]cc1-c1ccc(Cl)cc1Cl. The highest BCUT2D eigenvalue weighted by Gasteiger charge is 2.08. The maximum Gasteiger partial charge on any atom is 0.271 e. The van der Waals surface area contributed by atoms with Crippen LogP contribution in [0.1, 0.15) is 0 Å². The first-order valence-electron chi connectivity index (χ1n) is 3.90. The maximum atomic E-state index is 11.3. The van der Waals surface area contributed by atoms with Crippen molar-refractivity contribution in [2.24, 2.45) is 0 Å². The van der Waals surface area contributed by atoms with Crippen LogP contribution >= 0.6 is 23.2 Å². The van der Waals surface area contributed by atoms with E-state index < -0.39 is 0 Å². The molecular weight excluding hydrogens is 223 g/mol. The molecule has 0 fully saturated rings. The minimum Gasteiger partial charge on any atom is -0.305 e. The fourth-order valence-corrected chi connectivity index (χ4v) is 1.72. The molecule has 1 aromatic heterocycles. The number of hydrogen-bond donors (Lipinski definition) is 2. The molecule has 0 saturated heterocycles. The minimum absolute atomic E-state index is 0.200. The summed E-state index contributed by atoms with van der Waals surface area (Å²) in [7, 11) is 0. The van der Waals surface area contributed by atoms with E-state index in [-0.39, 0.29) is 5.56 Å². The van der Waals surface area contributed by atoms with Crippen molar-refractivity contribution in [2.75, 3.05) is 0 Å². The first-order chi connectivity index (χ1) is 6.68. The van der Waals surface area contributed by atoms with Gasteiger partial charge in [0.1, 0.15) is 0 Å². The summed E-state index contributed by atoms with van der Waals surface area (Å²) in [6, 6.07) is 5.00. The van der Waals surface area contributed by atoms with E-state index in [4.69, 9.17) is 23.2 Å². The summed E-state index contributed by atoms with van der Waals surface area (Å²) in [4.78, 5) is 11.3. The normalized spacial score (nSPS) is 10.4. The van der Waals surface area contributed by atoms with E-state index in [0.29, 0.717) is 21.2 Å². The fraction of sp³-hybridized carbons (Fsp3) is 0. The highest BCUT2D eigenvalue weighted by molar-refractivity contribution is 6.36. The first kappa shape index (κ1) is 9.37. The lowest BCUT2D eigenvalue weighted by atomic mass is 10.1. The number of H-pyrrole nitrogens is 2. The van der Waals surface area contributed by atoms with Gasteiger partial charge in [0, 0.05) is 16.8 Å². The molecule has 0 radical (unpaired) electrons. The summed E-state index contributed by atoms with van der Waals surface area (Å²) < 4.78 is 0. The summed E-state index contributed by atoms with van der Waals surface area (Å²) in [5.41, 5.74) is 0.972. The van der Waals surface area contributed by atoms with Crippen molar-refractivity contribution in [3.05, 3.63) is 44.8 Å². The van der Waals surface area contributed by atoms with Crippen LogP contribution in [0.4, 0.5) is 0 Å². The van der Waals surface area contributed by atoms with Crippen LogP contribution in [0.5, 0.6) is 0 Å². The van der Waals surface area contributed by atoms with Gasteiger partial charge in [0.2, 0.25) is 0 Å². The van der Waals surface area contributed by atoms with Gasteiger partial charge in [0.05, 0.1) is 10.6 Å². The Balaban J connectivity index is 2.63. The van der Waals surface area contributed by atoms with Crippen molar-refractivity contribution >= 4 is 23.2 Å². The number of hydrogen-bond acceptors (Lipinski definition) is 1. The van der Waals surface area contributed by atoms with E-state index in [2.05, 4.69) is 10.2 Å². The number of aromatic nitrogens is 2. The Labute approximate surface area is 89.7 Å². The molecule has 14 heavy (non-hydrogen) atoms. The predicted octanol–water partition coefficient (Wildman–Crippen LogP) is 2.68. The zero-order chi connectivity index (χ0) is 10.1. The lowest BCUT2D eigenvalue weighted by molar-refractivity contribution is 1.06. The van der Waals surface area contributed by atoms with Crippen LogP contribution in [-0.4, -0.2) is 10.2 Å². The molecule has 1 heterocycles. The molecule has 3 nitrogen and oxygen atoms in total. The van der Waals surface area contributed by atoms with Gasteiger partial charge in [-0.2, -0.15) is 0 Å². The van der Waals surface area contributed by atoms with E-state index in [1.165, 1.54) is 0 Å². The smallest absolute Gasteiger partial charge is 0.271 e. The van der Waals surface area contributed by atoms with Gasteiger partial charge in [0.25, 0.3) is 5.56 Å². The van der Waals surface area contributed by atoms with Crippen LogP contribution in [0.25, 0.3) is 11.1 Å². The highest BCUT2D eigenvalue weighted by Crippen LogP contribution is 2.27.